The number of carbonyl (C=O) groups is 2. The summed E-state index contributed by atoms with van der Waals surface area (Å²) in [5.41, 5.74) is 10.7. The molecule has 0 bridgehead atoms. The molecule has 1 amide bonds. The first-order valence-corrected chi connectivity index (χ1v) is 21.2. The zero-order valence-corrected chi connectivity index (χ0v) is 32.5. The van der Waals surface area contributed by atoms with Gasteiger partial charge in [-0.15, -0.1) is 6.58 Å². The molecule has 57 heavy (non-hydrogen) atoms. The van der Waals surface area contributed by atoms with Crippen LogP contribution in [-0.4, -0.2) is 134 Å². The zero-order valence-electron chi connectivity index (χ0n) is 29.9. The van der Waals surface area contributed by atoms with Crippen molar-refractivity contribution in [2.24, 2.45) is 0 Å². The van der Waals surface area contributed by atoms with Gasteiger partial charge in [0.2, 0.25) is 5.91 Å². The predicted octanol–water partition coefficient (Wildman–Crippen LogP) is -1.51. The van der Waals surface area contributed by atoms with Gasteiger partial charge >= 0.3 is 27.3 Å². The number of nitrogens with two attached hydrogens (primary N) is 2. The monoisotopic (exact) mass is 865 g/mol. The summed E-state index contributed by atoms with van der Waals surface area (Å²) in [6, 6.07) is -0.000254. The number of aliphatic hydroxyl groups excluding tert-OH is 2. The summed E-state index contributed by atoms with van der Waals surface area (Å²) in [5.74, 6) is -1.20. The summed E-state index contributed by atoms with van der Waals surface area (Å²) in [4.78, 5) is 83.7. The van der Waals surface area contributed by atoms with Crippen LogP contribution in [0.1, 0.15) is 31.7 Å². The van der Waals surface area contributed by atoms with Gasteiger partial charge in [0.05, 0.1) is 19.5 Å². The summed E-state index contributed by atoms with van der Waals surface area (Å²) in [7, 11) is -10.5. The average molecular weight is 866 g/mol. The quantitative estimate of drug-likeness (QED) is 0.0386. The lowest BCUT2D eigenvalue weighted by atomic mass is 10.1. The third kappa shape index (κ3) is 11.0. The summed E-state index contributed by atoms with van der Waals surface area (Å²) in [6.45, 7) is 1.62. The Hall–Kier alpha value is -3.88. The highest BCUT2D eigenvalue weighted by atomic mass is 32.2. The highest BCUT2D eigenvalue weighted by Gasteiger charge is 2.52. The lowest BCUT2D eigenvalue weighted by molar-refractivity contribution is -0.160. The van der Waals surface area contributed by atoms with Crippen LogP contribution in [0, 0.1) is 0 Å². The third-order valence-electron chi connectivity index (χ3n) is 8.53. The first-order chi connectivity index (χ1) is 26.9. The number of nitrogen functional groups attached to an aromatic ring is 2. The first-order valence-electron chi connectivity index (χ1n) is 16.8. The number of nitrogens with one attached hydrogen (secondary N) is 1. The number of amides is 1. The molecule has 5 heterocycles. The number of thioether (sulfide) groups is 1. The SMILES string of the molecule is C=CCCC(=O)N[C@@H](CCSC)C(=O)O[C@H]1[C@@H](O)[C@H](n2cnc3c(N)ncnc32)O[C@@H]1COP(=O)(O)O[C@H]1[C@@H](O)[C@H](n2ccc(N)nc2=O)O[C@@H]1COP(=O)(O)O. The molecule has 2 aliphatic heterocycles. The fraction of sp³-hybridized carbons (Fsp3) is 0.552. The minimum atomic E-state index is -5.38. The van der Waals surface area contributed by atoms with Gasteiger partial charge in [0.15, 0.2) is 30.0 Å². The van der Waals surface area contributed by atoms with E-state index < -0.39 is 102 Å². The lowest BCUT2D eigenvalue weighted by Gasteiger charge is -2.26. The number of allylic oxidation sites excluding steroid dienone is 1. The van der Waals surface area contributed by atoms with E-state index in [2.05, 4.69) is 36.4 Å². The molecule has 10 N–H and O–H groups in total. The fourth-order valence-electron chi connectivity index (χ4n) is 5.84. The van der Waals surface area contributed by atoms with Gasteiger partial charge in [0, 0.05) is 12.6 Å². The van der Waals surface area contributed by atoms with E-state index in [-0.39, 0.29) is 35.6 Å². The van der Waals surface area contributed by atoms with Crippen molar-refractivity contribution in [3.05, 3.63) is 48.1 Å². The van der Waals surface area contributed by atoms with Crippen LogP contribution in [-0.2, 0) is 46.5 Å². The molecular weight excluding hydrogens is 824 g/mol. The second-order valence-electron chi connectivity index (χ2n) is 12.5. The molecule has 28 heteroatoms. The number of nitrogens with zero attached hydrogens (tertiary/aromatic N) is 6. The van der Waals surface area contributed by atoms with E-state index in [1.807, 2.05) is 0 Å². The van der Waals surface area contributed by atoms with E-state index in [0.29, 0.717) is 12.2 Å². The Bertz CT molecular complexity index is 2070. The van der Waals surface area contributed by atoms with Crippen LogP contribution in [0.15, 0.2) is 42.4 Å². The van der Waals surface area contributed by atoms with Gasteiger partial charge in [0.25, 0.3) is 0 Å². The number of fused-ring (bicyclic) bond motifs is 1. The number of esters is 1. The normalized spacial score (nSPS) is 26.6. The van der Waals surface area contributed by atoms with Gasteiger partial charge in [-0.1, -0.05) is 6.08 Å². The molecular formula is C29H41N9O16P2S. The van der Waals surface area contributed by atoms with Crippen LogP contribution in [0.2, 0.25) is 0 Å². The fourth-order valence-corrected chi connectivity index (χ4v) is 7.62. The zero-order chi connectivity index (χ0) is 41.7. The molecule has 0 aliphatic carbocycles. The summed E-state index contributed by atoms with van der Waals surface area (Å²) in [6.07, 6.45) is -6.38. The topological polar surface area (TPSA) is 367 Å². The van der Waals surface area contributed by atoms with E-state index in [1.54, 1.807) is 6.26 Å². The maximum absolute atomic E-state index is 13.6. The van der Waals surface area contributed by atoms with Crippen LogP contribution in [0.5, 0.6) is 0 Å². The Morgan fingerprint density at radius 3 is 2.39 bits per heavy atom. The molecule has 10 atom stereocenters. The van der Waals surface area contributed by atoms with Crippen molar-refractivity contribution in [2.45, 2.75) is 74.4 Å². The maximum atomic E-state index is 13.6. The molecule has 0 aromatic carbocycles. The molecule has 0 radical (unpaired) electrons. The number of anilines is 2. The Labute approximate surface area is 326 Å². The number of phosphoric ester groups is 2. The smallest absolute Gasteiger partial charge is 0.455 e. The van der Waals surface area contributed by atoms with Crippen LogP contribution >= 0.6 is 27.4 Å². The number of hydrogen-bond donors (Lipinski definition) is 8. The maximum Gasteiger partial charge on any atom is 0.472 e. The number of rotatable bonds is 19. The van der Waals surface area contributed by atoms with Crippen molar-refractivity contribution in [1.29, 1.82) is 0 Å². The number of phosphoric acid groups is 2. The number of hydrogen-bond acceptors (Lipinski definition) is 20. The molecule has 0 saturated carbocycles. The van der Waals surface area contributed by atoms with Gasteiger partial charge < -0.3 is 55.9 Å². The first kappa shape index (κ1) is 44.2. The molecule has 0 spiro atoms. The molecule has 1 unspecified atom stereocenters. The molecule has 2 fully saturated rings. The number of aromatic nitrogens is 6. The number of imidazole rings is 1. The molecule has 3 aromatic heterocycles. The van der Waals surface area contributed by atoms with Crippen molar-refractivity contribution in [3.63, 3.8) is 0 Å². The molecule has 5 rings (SSSR count). The second kappa shape index (κ2) is 18.8. The number of carbonyl (C=O) groups excluding carboxylic acids is 2. The van der Waals surface area contributed by atoms with E-state index in [1.165, 1.54) is 34.8 Å². The predicted molar refractivity (Wildman–Crippen MR) is 195 cm³/mol. The summed E-state index contributed by atoms with van der Waals surface area (Å²) in [5, 5.41) is 25.2. The van der Waals surface area contributed by atoms with Crippen molar-refractivity contribution in [3.8, 4) is 0 Å². The van der Waals surface area contributed by atoms with E-state index in [9.17, 15) is 48.4 Å². The minimum absolute atomic E-state index is 0.00125. The summed E-state index contributed by atoms with van der Waals surface area (Å²) >= 11 is 1.39. The third-order valence-corrected chi connectivity index (χ3v) is 10.6. The molecule has 314 valence electrons. The summed E-state index contributed by atoms with van der Waals surface area (Å²) < 4.78 is 59.1. The molecule has 2 aliphatic rings. The molecule has 25 nitrogen and oxygen atoms in total. The average Bonchev–Trinajstić information content (AvgIpc) is 3.80. The van der Waals surface area contributed by atoms with E-state index in [0.717, 1.165) is 17.1 Å². The van der Waals surface area contributed by atoms with Crippen LogP contribution in [0.25, 0.3) is 11.2 Å². The van der Waals surface area contributed by atoms with Gasteiger partial charge in [-0.05, 0) is 30.9 Å². The molecule has 2 saturated heterocycles. The van der Waals surface area contributed by atoms with Gasteiger partial charge in [-0.2, -0.15) is 16.7 Å². The Kier molecular flexibility index (Phi) is 14.6. The Morgan fingerprint density at radius 2 is 1.72 bits per heavy atom. The van der Waals surface area contributed by atoms with Crippen LogP contribution in [0.3, 0.4) is 0 Å². The van der Waals surface area contributed by atoms with Gasteiger partial charge in [-0.3, -0.25) is 27.5 Å². The van der Waals surface area contributed by atoms with Crippen LogP contribution in [0.4, 0.5) is 11.6 Å². The second-order valence-corrected chi connectivity index (χ2v) is 16.1. The van der Waals surface area contributed by atoms with Crippen molar-refractivity contribution < 1.29 is 71.4 Å². The Balaban J connectivity index is 1.38. The molecule has 3 aromatic rings. The van der Waals surface area contributed by atoms with Crippen LogP contribution < -0.4 is 22.5 Å². The highest BCUT2D eigenvalue weighted by Crippen LogP contribution is 2.50. The Morgan fingerprint density at radius 1 is 1.05 bits per heavy atom. The lowest BCUT2D eigenvalue weighted by Crippen LogP contribution is -2.46. The highest BCUT2D eigenvalue weighted by molar-refractivity contribution is 7.98. The van der Waals surface area contributed by atoms with Gasteiger partial charge in [-0.25, -0.2) is 33.7 Å². The number of aliphatic hydroxyl groups is 2. The van der Waals surface area contributed by atoms with E-state index >= 15 is 0 Å². The minimum Gasteiger partial charge on any atom is -0.455 e. The number of ether oxygens (including phenoxy) is 3. The van der Waals surface area contributed by atoms with Crippen molar-refractivity contribution in [2.75, 3.05) is 36.7 Å². The standard InChI is InChI=1S/C29H41N9O16P2S/c1-3-4-5-18(39)35-14(7-9-57-2)28(42)53-22-15(51-27(20(22)40)38-13-34-19-24(31)32-12-33-25(19)38)11-50-56(47,48)54-23-16(10-49-55(44,45)46)52-26(21(23)41)37-8-6-17(30)36-29(37)43/h3,6,8,12-16,20-23,26-27,40-41H,1,4-5,7,9-11H2,2H3,(H,35,39)(H,47,48)(H2,30,36,43)(H2,31,32,33)(H2,44,45,46)/t14-,15+,16+,20+,21+,22+,23+,26+,27+/m0/s1. The largest absolute Gasteiger partial charge is 0.472 e. The van der Waals surface area contributed by atoms with E-state index in [4.69, 9.17) is 34.7 Å². The van der Waals surface area contributed by atoms with Gasteiger partial charge in [0.1, 0.15) is 54.2 Å². The van der Waals surface area contributed by atoms with Crippen molar-refractivity contribution in [1.82, 2.24) is 34.4 Å². The van der Waals surface area contributed by atoms with Crippen molar-refractivity contribution >= 4 is 62.1 Å².